The fraction of sp³-hybridized carbons (Fsp3) is 0.100. The third-order valence-electron chi connectivity index (χ3n) is 1.96. The molecule has 1 heterocycles. The first kappa shape index (κ1) is 9.27. The average molecular weight is 255 g/mol. The number of carbonyl (C=O) groups excluding carboxylic acids is 1. The standard InChI is InChI=1S/C10H7BrO3/c1-5(12)9-4-6-7(11)2-3-8(13)10(6)14-9/h2-4,13H,1H3. The molecule has 14 heavy (non-hydrogen) atoms. The summed E-state index contributed by atoms with van der Waals surface area (Å²) in [6.45, 7) is 1.42. The second kappa shape index (κ2) is 3.13. The van der Waals surface area contributed by atoms with Crippen molar-refractivity contribution in [3.05, 3.63) is 28.4 Å². The molecule has 2 rings (SSSR count). The van der Waals surface area contributed by atoms with Gasteiger partial charge in [0, 0.05) is 16.8 Å². The molecule has 0 saturated heterocycles. The molecule has 0 fully saturated rings. The predicted molar refractivity (Wildman–Crippen MR) is 55.6 cm³/mol. The minimum absolute atomic E-state index is 0.0377. The molecule has 0 saturated carbocycles. The Bertz CT molecular complexity index is 474. The lowest BCUT2D eigenvalue weighted by Gasteiger charge is -1.94. The van der Waals surface area contributed by atoms with Gasteiger partial charge in [-0.25, -0.2) is 0 Å². The molecule has 0 spiro atoms. The molecule has 1 aromatic heterocycles. The van der Waals surface area contributed by atoms with Crippen LogP contribution >= 0.6 is 15.9 Å². The van der Waals surface area contributed by atoms with Crippen LogP contribution in [0.25, 0.3) is 11.0 Å². The number of furan rings is 1. The van der Waals surface area contributed by atoms with Crippen molar-refractivity contribution in [3.8, 4) is 5.75 Å². The number of phenolic OH excluding ortho intramolecular Hbond substituents is 1. The Kier molecular flexibility index (Phi) is 2.07. The number of fused-ring (bicyclic) bond motifs is 1. The van der Waals surface area contributed by atoms with E-state index in [4.69, 9.17) is 4.42 Å². The topological polar surface area (TPSA) is 50.4 Å². The Morgan fingerprint density at radius 1 is 1.50 bits per heavy atom. The lowest BCUT2D eigenvalue weighted by molar-refractivity contribution is 0.0989. The number of benzene rings is 1. The molecule has 0 aliphatic carbocycles. The van der Waals surface area contributed by atoms with Crippen LogP contribution in [0.5, 0.6) is 5.75 Å². The number of aromatic hydroxyl groups is 1. The molecule has 0 unspecified atom stereocenters. The first-order valence-electron chi connectivity index (χ1n) is 4.01. The highest BCUT2D eigenvalue weighted by Gasteiger charge is 2.12. The third-order valence-corrected chi connectivity index (χ3v) is 2.65. The lowest BCUT2D eigenvalue weighted by atomic mass is 10.2. The van der Waals surface area contributed by atoms with Gasteiger partial charge >= 0.3 is 0 Å². The highest BCUT2D eigenvalue weighted by atomic mass is 79.9. The maximum absolute atomic E-state index is 11.0. The van der Waals surface area contributed by atoms with E-state index in [2.05, 4.69) is 15.9 Å². The molecule has 1 aromatic carbocycles. The molecule has 0 aliphatic heterocycles. The Balaban J connectivity index is 2.82. The Morgan fingerprint density at radius 3 is 2.79 bits per heavy atom. The fourth-order valence-corrected chi connectivity index (χ4v) is 1.68. The van der Waals surface area contributed by atoms with Crippen LogP contribution < -0.4 is 0 Å². The van der Waals surface area contributed by atoms with Crippen LogP contribution in [-0.4, -0.2) is 10.9 Å². The summed E-state index contributed by atoms with van der Waals surface area (Å²) in [4.78, 5) is 11.0. The second-order valence-corrected chi connectivity index (χ2v) is 3.83. The van der Waals surface area contributed by atoms with Gasteiger partial charge in [-0.1, -0.05) is 15.9 Å². The second-order valence-electron chi connectivity index (χ2n) is 2.98. The molecule has 0 atom stereocenters. The van der Waals surface area contributed by atoms with Crippen molar-refractivity contribution in [2.45, 2.75) is 6.92 Å². The minimum Gasteiger partial charge on any atom is -0.504 e. The highest BCUT2D eigenvalue weighted by Crippen LogP contribution is 2.33. The van der Waals surface area contributed by atoms with E-state index in [9.17, 15) is 9.90 Å². The van der Waals surface area contributed by atoms with E-state index in [0.29, 0.717) is 11.0 Å². The minimum atomic E-state index is -0.160. The summed E-state index contributed by atoms with van der Waals surface area (Å²) in [6.07, 6.45) is 0. The smallest absolute Gasteiger partial charge is 0.194 e. The predicted octanol–water partition coefficient (Wildman–Crippen LogP) is 3.10. The monoisotopic (exact) mass is 254 g/mol. The summed E-state index contributed by atoms with van der Waals surface area (Å²) in [5.74, 6) is 0.130. The molecule has 4 heteroatoms. The van der Waals surface area contributed by atoms with Crippen LogP contribution in [0.3, 0.4) is 0 Å². The summed E-state index contributed by atoms with van der Waals surface area (Å²) < 4.78 is 6.00. The number of halogens is 1. The third kappa shape index (κ3) is 1.32. The van der Waals surface area contributed by atoms with Gasteiger partial charge in [0.15, 0.2) is 22.9 Å². The average Bonchev–Trinajstić information content (AvgIpc) is 2.57. The van der Waals surface area contributed by atoms with Crippen LogP contribution in [0, 0.1) is 0 Å². The van der Waals surface area contributed by atoms with E-state index in [1.165, 1.54) is 13.0 Å². The normalized spacial score (nSPS) is 10.7. The van der Waals surface area contributed by atoms with E-state index in [0.717, 1.165) is 4.47 Å². The molecule has 72 valence electrons. The van der Waals surface area contributed by atoms with Gasteiger partial charge < -0.3 is 9.52 Å². The van der Waals surface area contributed by atoms with Crippen LogP contribution in [-0.2, 0) is 0 Å². The van der Waals surface area contributed by atoms with E-state index in [1.54, 1.807) is 12.1 Å². The zero-order valence-corrected chi connectivity index (χ0v) is 8.96. The van der Waals surface area contributed by atoms with Gasteiger partial charge in [0.25, 0.3) is 0 Å². The molecule has 3 nitrogen and oxygen atoms in total. The molecule has 2 aromatic rings. The lowest BCUT2D eigenvalue weighted by Crippen LogP contribution is -1.85. The van der Waals surface area contributed by atoms with Crippen molar-refractivity contribution in [2.75, 3.05) is 0 Å². The summed E-state index contributed by atoms with van der Waals surface area (Å²) in [5.41, 5.74) is 0.338. The molecule has 0 aliphatic rings. The molecular weight excluding hydrogens is 248 g/mol. The first-order valence-corrected chi connectivity index (χ1v) is 4.81. The van der Waals surface area contributed by atoms with Crippen molar-refractivity contribution < 1.29 is 14.3 Å². The van der Waals surface area contributed by atoms with Gasteiger partial charge in [-0.05, 0) is 18.2 Å². The maximum Gasteiger partial charge on any atom is 0.194 e. The molecule has 1 N–H and O–H groups in total. The SMILES string of the molecule is CC(=O)c1cc2c(Br)ccc(O)c2o1. The summed E-state index contributed by atoms with van der Waals surface area (Å²) in [6, 6.07) is 4.83. The van der Waals surface area contributed by atoms with E-state index >= 15 is 0 Å². The van der Waals surface area contributed by atoms with Crippen molar-refractivity contribution in [2.24, 2.45) is 0 Å². The van der Waals surface area contributed by atoms with Gasteiger partial charge in [0.2, 0.25) is 0 Å². The summed E-state index contributed by atoms with van der Waals surface area (Å²) in [5, 5.41) is 10.2. The van der Waals surface area contributed by atoms with Crippen molar-refractivity contribution in [1.82, 2.24) is 0 Å². The van der Waals surface area contributed by atoms with Crippen LogP contribution in [0.2, 0.25) is 0 Å². The molecule has 0 bridgehead atoms. The van der Waals surface area contributed by atoms with Gasteiger partial charge in [0.05, 0.1) is 0 Å². The van der Waals surface area contributed by atoms with Crippen molar-refractivity contribution >= 4 is 32.7 Å². The molecular formula is C10H7BrO3. The highest BCUT2D eigenvalue weighted by molar-refractivity contribution is 9.10. The van der Waals surface area contributed by atoms with Gasteiger partial charge in [0.1, 0.15) is 0 Å². The largest absolute Gasteiger partial charge is 0.504 e. The van der Waals surface area contributed by atoms with E-state index < -0.39 is 0 Å². The number of hydrogen-bond acceptors (Lipinski definition) is 3. The van der Waals surface area contributed by atoms with Crippen molar-refractivity contribution in [1.29, 1.82) is 0 Å². The van der Waals surface area contributed by atoms with Crippen molar-refractivity contribution in [3.63, 3.8) is 0 Å². The van der Waals surface area contributed by atoms with Crippen LogP contribution in [0.4, 0.5) is 0 Å². The summed E-state index contributed by atoms with van der Waals surface area (Å²) >= 11 is 3.31. The number of Topliss-reactive ketones (excluding diaryl/α,β-unsaturated/α-hetero) is 1. The first-order chi connectivity index (χ1) is 6.59. The number of rotatable bonds is 1. The maximum atomic E-state index is 11.0. The number of ketones is 1. The van der Waals surface area contributed by atoms with Gasteiger partial charge in [-0.2, -0.15) is 0 Å². The number of phenols is 1. The van der Waals surface area contributed by atoms with Gasteiger partial charge in [-0.3, -0.25) is 4.79 Å². The molecule has 0 amide bonds. The molecule has 0 radical (unpaired) electrons. The van der Waals surface area contributed by atoms with E-state index in [-0.39, 0.29) is 17.3 Å². The van der Waals surface area contributed by atoms with Gasteiger partial charge in [-0.15, -0.1) is 0 Å². The van der Waals surface area contributed by atoms with E-state index in [1.807, 2.05) is 0 Å². The fourth-order valence-electron chi connectivity index (χ4n) is 1.25. The van der Waals surface area contributed by atoms with Crippen LogP contribution in [0.1, 0.15) is 17.5 Å². The quantitative estimate of drug-likeness (QED) is 0.796. The summed E-state index contributed by atoms with van der Waals surface area (Å²) in [7, 11) is 0. The Morgan fingerprint density at radius 2 is 2.21 bits per heavy atom. The Labute approximate surface area is 88.5 Å². The Hall–Kier alpha value is -1.29. The zero-order chi connectivity index (χ0) is 10.3. The van der Waals surface area contributed by atoms with Crippen LogP contribution in [0.15, 0.2) is 27.1 Å². The zero-order valence-electron chi connectivity index (χ0n) is 7.37. The number of hydrogen-bond donors (Lipinski definition) is 1. The number of carbonyl (C=O) groups is 1.